The third-order valence-electron chi connectivity index (χ3n) is 3.19. The number of primary amides is 1. The molecule has 0 aliphatic heterocycles. The van der Waals surface area contributed by atoms with E-state index in [1.165, 1.54) is 0 Å². The minimum absolute atomic E-state index is 0.0948. The summed E-state index contributed by atoms with van der Waals surface area (Å²) >= 11 is 0. The van der Waals surface area contributed by atoms with Crippen LogP contribution < -0.4 is 16.8 Å². The molecule has 1 rings (SSSR count). The average Bonchev–Trinajstić information content (AvgIpc) is 2.42. The zero-order valence-corrected chi connectivity index (χ0v) is 9.74. The topological polar surface area (TPSA) is 98.2 Å². The summed E-state index contributed by atoms with van der Waals surface area (Å²) in [7, 11) is 0. The van der Waals surface area contributed by atoms with Crippen molar-refractivity contribution >= 4 is 11.8 Å². The Kier molecular flexibility index (Phi) is 4.73. The molecule has 0 heterocycles. The fourth-order valence-electron chi connectivity index (χ4n) is 2.05. The first-order valence-corrected chi connectivity index (χ1v) is 5.87. The Morgan fingerprint density at radius 3 is 2.50 bits per heavy atom. The quantitative estimate of drug-likeness (QED) is 0.586. The molecule has 1 aliphatic rings. The number of nitrogens with two attached hydrogens (primary N) is 2. The van der Waals surface area contributed by atoms with Gasteiger partial charge in [-0.3, -0.25) is 9.59 Å². The van der Waals surface area contributed by atoms with E-state index in [1.54, 1.807) is 6.92 Å². The van der Waals surface area contributed by atoms with Crippen LogP contribution in [0.2, 0.25) is 0 Å². The summed E-state index contributed by atoms with van der Waals surface area (Å²) in [5.41, 5.74) is 11.0. The molecular weight excluding hydrogens is 206 g/mol. The molecule has 2 amide bonds. The molecule has 92 valence electrons. The largest absolute Gasteiger partial charge is 0.368 e. The molecule has 0 aromatic rings. The molecule has 0 saturated heterocycles. The third-order valence-corrected chi connectivity index (χ3v) is 3.19. The van der Waals surface area contributed by atoms with E-state index in [4.69, 9.17) is 11.5 Å². The molecule has 0 radical (unpaired) electrons. The summed E-state index contributed by atoms with van der Waals surface area (Å²) in [6.45, 7) is 1.59. The molecule has 1 saturated carbocycles. The lowest BCUT2D eigenvalue weighted by Gasteiger charge is -2.22. The van der Waals surface area contributed by atoms with Crippen molar-refractivity contribution in [3.8, 4) is 0 Å². The van der Waals surface area contributed by atoms with E-state index in [0.29, 0.717) is 0 Å². The number of carbonyl (C=O) groups excluding carboxylic acids is 2. The first-order chi connectivity index (χ1) is 7.52. The fourth-order valence-corrected chi connectivity index (χ4v) is 2.05. The predicted octanol–water partition coefficient (Wildman–Crippen LogP) is -0.116. The summed E-state index contributed by atoms with van der Waals surface area (Å²) in [5.74, 6) is -0.833. The van der Waals surface area contributed by atoms with Crippen molar-refractivity contribution in [3.05, 3.63) is 0 Å². The Labute approximate surface area is 95.9 Å². The Balaban J connectivity index is 2.53. The molecular formula is C11H21N3O2. The maximum atomic E-state index is 11.9. The minimum atomic E-state index is -0.622. The van der Waals surface area contributed by atoms with E-state index in [0.717, 1.165) is 32.1 Å². The number of rotatable bonds is 3. The van der Waals surface area contributed by atoms with Gasteiger partial charge in [0.25, 0.3) is 0 Å². The Hall–Kier alpha value is -1.10. The van der Waals surface area contributed by atoms with E-state index in [2.05, 4.69) is 5.32 Å². The number of amides is 2. The second-order valence-corrected chi connectivity index (χ2v) is 4.54. The van der Waals surface area contributed by atoms with Crippen molar-refractivity contribution in [2.45, 2.75) is 51.1 Å². The molecule has 16 heavy (non-hydrogen) atoms. The molecule has 1 aliphatic carbocycles. The highest BCUT2D eigenvalue weighted by molar-refractivity contribution is 5.87. The molecule has 3 atom stereocenters. The lowest BCUT2D eigenvalue weighted by Crippen LogP contribution is -2.48. The molecule has 5 N–H and O–H groups in total. The monoisotopic (exact) mass is 227 g/mol. The van der Waals surface area contributed by atoms with Crippen molar-refractivity contribution in [2.75, 3.05) is 0 Å². The molecule has 0 spiro atoms. The molecule has 5 nitrogen and oxygen atoms in total. The van der Waals surface area contributed by atoms with Crippen molar-refractivity contribution in [1.29, 1.82) is 0 Å². The van der Waals surface area contributed by atoms with Gasteiger partial charge in [0.15, 0.2) is 0 Å². The van der Waals surface area contributed by atoms with Gasteiger partial charge in [-0.1, -0.05) is 19.3 Å². The van der Waals surface area contributed by atoms with Crippen LogP contribution in [0.4, 0.5) is 0 Å². The van der Waals surface area contributed by atoms with Crippen LogP contribution >= 0.6 is 0 Å². The Morgan fingerprint density at radius 2 is 1.88 bits per heavy atom. The van der Waals surface area contributed by atoms with Crippen molar-refractivity contribution < 1.29 is 9.59 Å². The third kappa shape index (κ3) is 3.48. The fraction of sp³-hybridized carbons (Fsp3) is 0.818. The van der Waals surface area contributed by atoms with Crippen LogP contribution in [0.5, 0.6) is 0 Å². The molecule has 1 fully saturated rings. The van der Waals surface area contributed by atoms with Gasteiger partial charge >= 0.3 is 0 Å². The zero-order chi connectivity index (χ0) is 12.1. The molecule has 0 bridgehead atoms. The van der Waals surface area contributed by atoms with Gasteiger partial charge < -0.3 is 16.8 Å². The summed E-state index contributed by atoms with van der Waals surface area (Å²) in [6, 6.07) is -0.717. The number of hydrogen-bond donors (Lipinski definition) is 3. The van der Waals surface area contributed by atoms with Gasteiger partial charge in [-0.2, -0.15) is 0 Å². The van der Waals surface area contributed by atoms with Crippen LogP contribution in [0.1, 0.15) is 39.0 Å². The molecule has 3 unspecified atom stereocenters. The van der Waals surface area contributed by atoms with Gasteiger partial charge in [0.2, 0.25) is 11.8 Å². The van der Waals surface area contributed by atoms with Crippen molar-refractivity contribution in [2.24, 2.45) is 17.4 Å². The van der Waals surface area contributed by atoms with E-state index in [-0.39, 0.29) is 17.9 Å². The van der Waals surface area contributed by atoms with Gasteiger partial charge in [-0.15, -0.1) is 0 Å². The summed E-state index contributed by atoms with van der Waals surface area (Å²) < 4.78 is 0. The molecule has 5 heteroatoms. The van der Waals surface area contributed by atoms with Gasteiger partial charge in [-0.25, -0.2) is 0 Å². The molecule has 0 aromatic carbocycles. The predicted molar refractivity (Wildman–Crippen MR) is 61.3 cm³/mol. The van der Waals surface area contributed by atoms with Crippen LogP contribution in [0.15, 0.2) is 0 Å². The van der Waals surface area contributed by atoms with Crippen molar-refractivity contribution in [3.63, 3.8) is 0 Å². The normalized spacial score (nSPS) is 27.9. The van der Waals surface area contributed by atoms with Gasteiger partial charge in [0, 0.05) is 6.04 Å². The maximum absolute atomic E-state index is 11.9. The van der Waals surface area contributed by atoms with Crippen LogP contribution in [0.25, 0.3) is 0 Å². The first kappa shape index (κ1) is 13.0. The minimum Gasteiger partial charge on any atom is -0.368 e. The summed E-state index contributed by atoms with van der Waals surface area (Å²) in [5, 5.41) is 2.61. The first-order valence-electron chi connectivity index (χ1n) is 5.87. The van der Waals surface area contributed by atoms with Crippen LogP contribution in [-0.2, 0) is 9.59 Å². The SMILES string of the molecule is CC(NC(=O)C1CCCCCC1N)C(N)=O. The van der Waals surface area contributed by atoms with Crippen LogP contribution in [0, 0.1) is 5.92 Å². The second kappa shape index (κ2) is 5.84. The van der Waals surface area contributed by atoms with E-state index >= 15 is 0 Å². The maximum Gasteiger partial charge on any atom is 0.239 e. The van der Waals surface area contributed by atoms with E-state index in [1.807, 2.05) is 0 Å². The average molecular weight is 227 g/mol. The molecule has 0 aromatic heterocycles. The second-order valence-electron chi connectivity index (χ2n) is 4.54. The van der Waals surface area contributed by atoms with Gasteiger partial charge in [0.1, 0.15) is 6.04 Å². The smallest absolute Gasteiger partial charge is 0.239 e. The highest BCUT2D eigenvalue weighted by Gasteiger charge is 2.28. The van der Waals surface area contributed by atoms with Gasteiger partial charge in [-0.05, 0) is 19.8 Å². The lowest BCUT2D eigenvalue weighted by molar-refractivity contribution is -0.130. The number of hydrogen-bond acceptors (Lipinski definition) is 3. The Bertz CT molecular complexity index is 268. The Morgan fingerprint density at radius 1 is 1.25 bits per heavy atom. The highest BCUT2D eigenvalue weighted by Crippen LogP contribution is 2.22. The van der Waals surface area contributed by atoms with Crippen molar-refractivity contribution in [1.82, 2.24) is 5.32 Å². The summed E-state index contributed by atoms with van der Waals surface area (Å²) in [4.78, 5) is 22.7. The van der Waals surface area contributed by atoms with E-state index in [9.17, 15) is 9.59 Å². The van der Waals surface area contributed by atoms with E-state index < -0.39 is 11.9 Å². The number of nitrogens with one attached hydrogen (secondary N) is 1. The van der Waals surface area contributed by atoms with Gasteiger partial charge in [0.05, 0.1) is 5.92 Å². The highest BCUT2D eigenvalue weighted by atomic mass is 16.2. The lowest BCUT2D eigenvalue weighted by atomic mass is 9.94. The standard InChI is InChI=1S/C11H21N3O2/c1-7(10(13)15)14-11(16)8-5-3-2-4-6-9(8)12/h7-9H,2-6,12H2,1H3,(H2,13,15)(H,14,16). The van der Waals surface area contributed by atoms with Crippen LogP contribution in [-0.4, -0.2) is 23.9 Å². The summed E-state index contributed by atoms with van der Waals surface area (Å²) in [6.07, 6.45) is 4.91. The number of carbonyl (C=O) groups is 2. The van der Waals surface area contributed by atoms with Crippen LogP contribution in [0.3, 0.4) is 0 Å². The zero-order valence-electron chi connectivity index (χ0n) is 9.74.